The van der Waals surface area contributed by atoms with E-state index >= 15 is 0 Å². The predicted octanol–water partition coefficient (Wildman–Crippen LogP) is 4.61. The zero-order chi connectivity index (χ0) is 11.2. The molecule has 90 valence electrons. The van der Waals surface area contributed by atoms with Crippen LogP contribution >= 0.6 is 11.3 Å². The molecule has 0 N–H and O–H groups in total. The van der Waals surface area contributed by atoms with Crippen molar-refractivity contribution in [3.05, 3.63) is 16.1 Å². The third-order valence-electron chi connectivity index (χ3n) is 3.50. The van der Waals surface area contributed by atoms with Crippen molar-refractivity contribution in [2.45, 2.75) is 64.7 Å². The molecule has 2 heterocycles. The lowest BCUT2D eigenvalue weighted by atomic mass is 9.99. The molecule has 2 rings (SSSR count). The smallest absolute Gasteiger partial charge is 0.0930 e. The van der Waals surface area contributed by atoms with Gasteiger partial charge in [0.15, 0.2) is 0 Å². The monoisotopic (exact) mass is 237 g/mol. The first kappa shape index (κ1) is 12.1. The average Bonchev–Trinajstić information content (AvgIpc) is 2.69. The van der Waals surface area contributed by atoms with E-state index in [9.17, 15) is 0 Å². The van der Waals surface area contributed by atoms with Crippen LogP contribution in [0.2, 0.25) is 0 Å². The molecule has 0 spiro atoms. The van der Waals surface area contributed by atoms with Gasteiger partial charge >= 0.3 is 0 Å². The van der Waals surface area contributed by atoms with Gasteiger partial charge in [-0.05, 0) is 18.8 Å². The fraction of sp³-hybridized carbons (Fsp3) is 0.786. The summed E-state index contributed by atoms with van der Waals surface area (Å²) in [5, 5.41) is 3.63. The van der Waals surface area contributed by atoms with E-state index in [1.807, 2.05) is 11.3 Å². The topological polar surface area (TPSA) is 12.9 Å². The SMILES string of the molecule is CC1CCCCCCCCc2csc(n2)C1. The van der Waals surface area contributed by atoms with Gasteiger partial charge in [0.1, 0.15) is 0 Å². The molecule has 2 bridgehead atoms. The fourth-order valence-electron chi connectivity index (χ4n) is 2.46. The van der Waals surface area contributed by atoms with Gasteiger partial charge < -0.3 is 0 Å². The summed E-state index contributed by atoms with van der Waals surface area (Å²) in [7, 11) is 0. The van der Waals surface area contributed by atoms with Crippen LogP contribution in [0.3, 0.4) is 0 Å². The molecule has 1 unspecified atom stereocenters. The molecule has 1 atom stereocenters. The zero-order valence-electron chi connectivity index (χ0n) is 10.4. The van der Waals surface area contributed by atoms with Crippen molar-refractivity contribution in [2.75, 3.05) is 0 Å². The molecule has 0 radical (unpaired) electrons. The molecule has 0 saturated carbocycles. The highest BCUT2D eigenvalue weighted by Crippen LogP contribution is 2.21. The third-order valence-corrected chi connectivity index (χ3v) is 4.42. The van der Waals surface area contributed by atoms with Crippen molar-refractivity contribution >= 4 is 11.3 Å². The molecule has 1 aliphatic rings. The number of rotatable bonds is 0. The van der Waals surface area contributed by atoms with E-state index < -0.39 is 0 Å². The molecular weight excluding hydrogens is 214 g/mol. The van der Waals surface area contributed by atoms with Gasteiger partial charge in [-0.3, -0.25) is 0 Å². The van der Waals surface area contributed by atoms with E-state index in [1.165, 1.54) is 68.5 Å². The molecule has 1 aliphatic heterocycles. The molecule has 0 saturated heterocycles. The van der Waals surface area contributed by atoms with Gasteiger partial charge in [0.05, 0.1) is 10.7 Å². The zero-order valence-corrected chi connectivity index (χ0v) is 11.2. The van der Waals surface area contributed by atoms with Crippen molar-refractivity contribution < 1.29 is 0 Å². The molecule has 16 heavy (non-hydrogen) atoms. The predicted molar refractivity (Wildman–Crippen MR) is 71.0 cm³/mol. The Morgan fingerprint density at radius 2 is 1.88 bits per heavy atom. The van der Waals surface area contributed by atoms with Crippen LogP contribution < -0.4 is 0 Å². The van der Waals surface area contributed by atoms with E-state index in [2.05, 4.69) is 12.3 Å². The normalized spacial score (nSPS) is 24.2. The second-order valence-corrected chi connectivity index (χ2v) is 6.14. The van der Waals surface area contributed by atoms with Gasteiger partial charge in [-0.2, -0.15) is 0 Å². The first-order valence-corrected chi connectivity index (χ1v) is 7.66. The van der Waals surface area contributed by atoms with Gasteiger partial charge in [-0.15, -0.1) is 11.3 Å². The summed E-state index contributed by atoms with van der Waals surface area (Å²) in [5.41, 5.74) is 1.34. The lowest BCUT2D eigenvalue weighted by molar-refractivity contribution is 0.481. The number of fused-ring (bicyclic) bond motifs is 2. The van der Waals surface area contributed by atoms with E-state index in [1.54, 1.807) is 0 Å². The Bertz CT molecular complexity index is 305. The number of aromatic nitrogens is 1. The summed E-state index contributed by atoms with van der Waals surface area (Å²) >= 11 is 1.87. The lowest BCUT2D eigenvalue weighted by Crippen LogP contribution is -1.99. The Balaban J connectivity index is 1.94. The van der Waals surface area contributed by atoms with Crippen molar-refractivity contribution in [3.63, 3.8) is 0 Å². The van der Waals surface area contributed by atoms with Crippen LogP contribution in [0, 0.1) is 5.92 Å². The first-order valence-electron chi connectivity index (χ1n) is 6.78. The minimum Gasteiger partial charge on any atom is -0.246 e. The van der Waals surface area contributed by atoms with Gasteiger partial charge in [-0.25, -0.2) is 4.98 Å². The Morgan fingerprint density at radius 3 is 2.75 bits per heavy atom. The molecular formula is C14H23NS. The average molecular weight is 237 g/mol. The van der Waals surface area contributed by atoms with Gasteiger partial charge in [-0.1, -0.05) is 45.4 Å². The molecule has 1 aromatic rings. The Labute approximate surface area is 103 Å². The minimum atomic E-state index is 0.819. The Hall–Kier alpha value is -0.370. The van der Waals surface area contributed by atoms with Crippen molar-refractivity contribution in [3.8, 4) is 0 Å². The van der Waals surface area contributed by atoms with Crippen molar-refractivity contribution in [2.24, 2.45) is 5.92 Å². The van der Waals surface area contributed by atoms with Crippen LogP contribution in [-0.2, 0) is 12.8 Å². The number of nitrogens with zero attached hydrogens (tertiary/aromatic N) is 1. The third kappa shape index (κ3) is 3.89. The summed E-state index contributed by atoms with van der Waals surface area (Å²) in [6, 6.07) is 0. The summed E-state index contributed by atoms with van der Waals surface area (Å²) in [4.78, 5) is 4.74. The number of hydrogen-bond acceptors (Lipinski definition) is 2. The van der Waals surface area contributed by atoms with E-state index in [-0.39, 0.29) is 0 Å². The van der Waals surface area contributed by atoms with Gasteiger partial charge in [0.25, 0.3) is 0 Å². The Kier molecular flexibility index (Phi) is 4.83. The van der Waals surface area contributed by atoms with E-state index in [0.717, 1.165) is 5.92 Å². The van der Waals surface area contributed by atoms with Crippen molar-refractivity contribution in [1.82, 2.24) is 4.98 Å². The van der Waals surface area contributed by atoms with Gasteiger partial charge in [0.2, 0.25) is 0 Å². The lowest BCUT2D eigenvalue weighted by Gasteiger charge is -2.08. The summed E-state index contributed by atoms with van der Waals surface area (Å²) < 4.78 is 0. The standard InChI is InChI=1S/C14H23NS/c1-12-8-6-4-2-3-5-7-9-13-11-16-14(10-12)15-13/h11-12H,2-10H2,1H3. The molecule has 0 aliphatic carbocycles. The highest BCUT2D eigenvalue weighted by Gasteiger charge is 2.08. The van der Waals surface area contributed by atoms with Crippen LogP contribution in [-0.4, -0.2) is 4.98 Å². The van der Waals surface area contributed by atoms with Crippen LogP contribution in [0.5, 0.6) is 0 Å². The molecule has 1 nitrogen and oxygen atoms in total. The maximum absolute atomic E-state index is 4.74. The van der Waals surface area contributed by atoms with Crippen LogP contribution in [0.15, 0.2) is 5.38 Å². The molecule has 0 aromatic carbocycles. The van der Waals surface area contributed by atoms with Crippen molar-refractivity contribution in [1.29, 1.82) is 0 Å². The first-order chi connectivity index (χ1) is 7.84. The largest absolute Gasteiger partial charge is 0.246 e. The van der Waals surface area contributed by atoms with E-state index in [4.69, 9.17) is 4.98 Å². The second kappa shape index (κ2) is 6.39. The molecule has 1 aromatic heterocycles. The minimum absolute atomic E-state index is 0.819. The fourth-order valence-corrected chi connectivity index (χ4v) is 3.46. The quantitative estimate of drug-likeness (QED) is 0.642. The number of aryl methyl sites for hydroxylation is 1. The highest BCUT2D eigenvalue weighted by atomic mass is 32.1. The summed E-state index contributed by atoms with van der Waals surface area (Å²) in [6.07, 6.45) is 12.2. The maximum Gasteiger partial charge on any atom is 0.0930 e. The second-order valence-electron chi connectivity index (χ2n) is 5.20. The number of thiazole rings is 1. The molecule has 2 heteroatoms. The van der Waals surface area contributed by atoms with Gasteiger partial charge in [0, 0.05) is 11.8 Å². The molecule has 0 amide bonds. The Morgan fingerprint density at radius 1 is 1.12 bits per heavy atom. The van der Waals surface area contributed by atoms with E-state index in [0.29, 0.717) is 0 Å². The molecule has 0 fully saturated rings. The number of hydrogen-bond donors (Lipinski definition) is 0. The highest BCUT2D eigenvalue weighted by molar-refractivity contribution is 7.09. The van der Waals surface area contributed by atoms with Crippen LogP contribution in [0.25, 0.3) is 0 Å². The summed E-state index contributed by atoms with van der Waals surface area (Å²) in [5.74, 6) is 0.819. The van der Waals surface area contributed by atoms with Crippen LogP contribution in [0.4, 0.5) is 0 Å². The summed E-state index contributed by atoms with van der Waals surface area (Å²) in [6.45, 7) is 2.38. The maximum atomic E-state index is 4.74. The van der Waals surface area contributed by atoms with Crippen LogP contribution in [0.1, 0.15) is 62.6 Å².